The molecule has 0 saturated heterocycles. The first-order chi connectivity index (χ1) is 9.34. The van der Waals surface area contributed by atoms with Crippen LogP contribution in [0.1, 0.15) is 18.1 Å². The number of benzene rings is 1. The lowest BCUT2D eigenvalue weighted by molar-refractivity contribution is 0.498. The van der Waals surface area contributed by atoms with Gasteiger partial charge in [0.15, 0.2) is 0 Å². The van der Waals surface area contributed by atoms with Gasteiger partial charge in [0.25, 0.3) is 0 Å². The number of hydrogen-bond acceptors (Lipinski definition) is 3. The van der Waals surface area contributed by atoms with E-state index in [1.807, 2.05) is 19.9 Å². The average Bonchev–Trinajstić information content (AvgIpc) is 2.39. The molecule has 1 N–H and O–H groups in total. The van der Waals surface area contributed by atoms with Gasteiger partial charge in [0.05, 0.1) is 4.90 Å². The SMILES string of the molecule is C=CCN(C)S(=O)(=O)c1cc(CNCC)cc(C)c1Br. The second-order valence-electron chi connectivity index (χ2n) is 4.58. The molecular weight excluding hydrogens is 340 g/mol. The van der Waals surface area contributed by atoms with E-state index in [-0.39, 0.29) is 6.54 Å². The topological polar surface area (TPSA) is 49.4 Å². The van der Waals surface area contributed by atoms with E-state index >= 15 is 0 Å². The summed E-state index contributed by atoms with van der Waals surface area (Å²) in [6, 6.07) is 3.70. The van der Waals surface area contributed by atoms with Gasteiger partial charge in [-0.05, 0) is 46.6 Å². The van der Waals surface area contributed by atoms with Crippen LogP contribution in [0.5, 0.6) is 0 Å². The minimum atomic E-state index is -3.51. The standard InChI is InChI=1S/C14H21BrN2O2S/c1-5-7-17(4)20(18,19)13-9-12(10-16-6-2)8-11(3)14(13)15/h5,8-9,16H,1,6-7,10H2,2-4H3. The predicted octanol–water partition coefficient (Wildman–Crippen LogP) is 2.67. The molecule has 0 heterocycles. The third-order valence-electron chi connectivity index (χ3n) is 2.93. The van der Waals surface area contributed by atoms with Gasteiger partial charge >= 0.3 is 0 Å². The molecule has 6 heteroatoms. The first-order valence-electron chi connectivity index (χ1n) is 6.41. The van der Waals surface area contributed by atoms with Crippen molar-refractivity contribution < 1.29 is 8.42 Å². The van der Waals surface area contributed by atoms with Crippen molar-refractivity contribution in [3.05, 3.63) is 40.4 Å². The number of hydrogen-bond donors (Lipinski definition) is 1. The number of aryl methyl sites for hydroxylation is 1. The molecule has 0 amide bonds. The maximum atomic E-state index is 12.5. The number of nitrogens with one attached hydrogen (secondary N) is 1. The van der Waals surface area contributed by atoms with E-state index in [0.717, 1.165) is 17.7 Å². The maximum Gasteiger partial charge on any atom is 0.244 e. The molecule has 0 saturated carbocycles. The van der Waals surface area contributed by atoms with Gasteiger partial charge in [-0.25, -0.2) is 8.42 Å². The third-order valence-corrected chi connectivity index (χ3v) is 6.10. The summed E-state index contributed by atoms with van der Waals surface area (Å²) >= 11 is 3.39. The Morgan fingerprint density at radius 3 is 2.65 bits per heavy atom. The van der Waals surface area contributed by atoms with Gasteiger partial charge < -0.3 is 5.32 Å². The molecule has 0 aromatic heterocycles. The average molecular weight is 361 g/mol. The number of halogens is 1. The molecule has 1 aromatic carbocycles. The highest BCUT2D eigenvalue weighted by Gasteiger charge is 2.24. The van der Waals surface area contributed by atoms with Crippen molar-refractivity contribution in [3.8, 4) is 0 Å². The van der Waals surface area contributed by atoms with Crippen molar-refractivity contribution >= 4 is 26.0 Å². The van der Waals surface area contributed by atoms with E-state index in [1.54, 1.807) is 19.2 Å². The molecule has 1 aromatic rings. The van der Waals surface area contributed by atoms with Gasteiger partial charge in [-0.2, -0.15) is 4.31 Å². The van der Waals surface area contributed by atoms with Crippen LogP contribution in [0.4, 0.5) is 0 Å². The van der Waals surface area contributed by atoms with Gasteiger partial charge in [-0.1, -0.05) is 19.1 Å². The molecule has 0 atom stereocenters. The second kappa shape index (κ2) is 7.36. The minimum Gasteiger partial charge on any atom is -0.313 e. The van der Waals surface area contributed by atoms with Gasteiger partial charge in [0.1, 0.15) is 0 Å². The molecule has 0 bridgehead atoms. The fourth-order valence-electron chi connectivity index (χ4n) is 1.82. The summed E-state index contributed by atoms with van der Waals surface area (Å²) in [6.07, 6.45) is 1.57. The maximum absolute atomic E-state index is 12.5. The molecule has 0 spiro atoms. The molecule has 4 nitrogen and oxygen atoms in total. The lowest BCUT2D eigenvalue weighted by atomic mass is 10.1. The predicted molar refractivity (Wildman–Crippen MR) is 86.3 cm³/mol. The van der Waals surface area contributed by atoms with Crippen LogP contribution in [0.25, 0.3) is 0 Å². The Morgan fingerprint density at radius 2 is 2.10 bits per heavy atom. The Kier molecular flexibility index (Phi) is 6.39. The van der Waals surface area contributed by atoms with Crippen molar-refractivity contribution in [3.63, 3.8) is 0 Å². The Morgan fingerprint density at radius 1 is 1.45 bits per heavy atom. The van der Waals surface area contributed by atoms with E-state index < -0.39 is 10.0 Å². The zero-order valence-electron chi connectivity index (χ0n) is 12.1. The van der Waals surface area contributed by atoms with Crippen molar-refractivity contribution in [2.45, 2.75) is 25.3 Å². The van der Waals surface area contributed by atoms with E-state index in [1.165, 1.54) is 4.31 Å². The summed E-state index contributed by atoms with van der Waals surface area (Å²) in [7, 11) is -1.96. The van der Waals surface area contributed by atoms with E-state index in [9.17, 15) is 8.42 Å². The van der Waals surface area contributed by atoms with Crippen molar-refractivity contribution in [1.82, 2.24) is 9.62 Å². The summed E-state index contributed by atoms with van der Waals surface area (Å²) in [5, 5.41) is 3.20. The van der Waals surface area contributed by atoms with Crippen molar-refractivity contribution in [1.29, 1.82) is 0 Å². The molecule has 0 fully saturated rings. The number of nitrogens with zero attached hydrogens (tertiary/aromatic N) is 1. The lowest BCUT2D eigenvalue weighted by Gasteiger charge is -2.18. The van der Waals surface area contributed by atoms with E-state index in [4.69, 9.17) is 0 Å². The van der Waals surface area contributed by atoms with Gasteiger partial charge in [0, 0.05) is 24.6 Å². The van der Waals surface area contributed by atoms with Gasteiger partial charge in [0.2, 0.25) is 10.0 Å². The largest absolute Gasteiger partial charge is 0.313 e. The Bertz CT molecular complexity index is 585. The van der Waals surface area contributed by atoms with Crippen molar-refractivity contribution in [2.75, 3.05) is 20.1 Å². The fourth-order valence-corrected chi connectivity index (χ4v) is 3.98. The minimum absolute atomic E-state index is 0.283. The van der Waals surface area contributed by atoms with Crippen LogP contribution < -0.4 is 5.32 Å². The van der Waals surface area contributed by atoms with E-state index in [2.05, 4.69) is 27.8 Å². The molecule has 20 heavy (non-hydrogen) atoms. The first-order valence-corrected chi connectivity index (χ1v) is 8.64. The molecule has 112 valence electrons. The van der Waals surface area contributed by atoms with Crippen molar-refractivity contribution in [2.24, 2.45) is 0 Å². The summed E-state index contributed by atoms with van der Waals surface area (Å²) in [4.78, 5) is 0.301. The summed E-state index contributed by atoms with van der Waals surface area (Å²) in [5.41, 5.74) is 1.86. The van der Waals surface area contributed by atoms with Crippen LogP contribution in [0.2, 0.25) is 0 Å². The van der Waals surface area contributed by atoms with Gasteiger partial charge in [-0.15, -0.1) is 6.58 Å². The number of likely N-dealkylation sites (N-methyl/N-ethyl adjacent to an activating group) is 1. The Hall–Kier alpha value is -0.690. The summed E-state index contributed by atoms with van der Waals surface area (Å²) < 4.78 is 27.0. The fraction of sp³-hybridized carbons (Fsp3) is 0.429. The molecular formula is C14H21BrN2O2S. The summed E-state index contributed by atoms with van der Waals surface area (Å²) in [6.45, 7) is 9.26. The van der Waals surface area contributed by atoms with Crippen LogP contribution in [-0.4, -0.2) is 32.9 Å². The zero-order chi connectivity index (χ0) is 15.3. The molecule has 0 unspecified atom stereocenters. The Labute approximate surface area is 130 Å². The molecule has 1 rings (SSSR count). The number of sulfonamides is 1. The van der Waals surface area contributed by atoms with Crippen LogP contribution in [-0.2, 0) is 16.6 Å². The first kappa shape index (κ1) is 17.4. The highest BCUT2D eigenvalue weighted by molar-refractivity contribution is 9.10. The van der Waals surface area contributed by atoms with Gasteiger partial charge in [-0.3, -0.25) is 0 Å². The molecule has 0 aliphatic heterocycles. The highest BCUT2D eigenvalue weighted by Crippen LogP contribution is 2.29. The summed E-state index contributed by atoms with van der Waals surface area (Å²) in [5.74, 6) is 0. The Balaban J connectivity index is 3.28. The van der Waals surface area contributed by atoms with Crippen LogP contribution in [0, 0.1) is 6.92 Å². The lowest BCUT2D eigenvalue weighted by Crippen LogP contribution is -2.27. The zero-order valence-corrected chi connectivity index (χ0v) is 14.5. The van der Waals surface area contributed by atoms with Crippen LogP contribution in [0.3, 0.4) is 0 Å². The monoisotopic (exact) mass is 360 g/mol. The molecule has 0 radical (unpaired) electrons. The van der Waals surface area contributed by atoms with Crippen LogP contribution in [0.15, 0.2) is 34.2 Å². The normalized spacial score (nSPS) is 11.8. The van der Waals surface area contributed by atoms with Crippen LogP contribution >= 0.6 is 15.9 Å². The number of rotatable bonds is 7. The third kappa shape index (κ3) is 3.91. The molecule has 0 aliphatic rings. The smallest absolute Gasteiger partial charge is 0.244 e. The molecule has 0 aliphatic carbocycles. The second-order valence-corrected chi connectivity index (χ2v) is 7.39. The van der Waals surface area contributed by atoms with E-state index in [0.29, 0.717) is 15.9 Å². The highest BCUT2D eigenvalue weighted by atomic mass is 79.9. The quantitative estimate of drug-likeness (QED) is 0.760.